The summed E-state index contributed by atoms with van der Waals surface area (Å²) in [5.74, 6) is -1.00. The molecule has 18 heavy (non-hydrogen) atoms. The summed E-state index contributed by atoms with van der Waals surface area (Å²) in [6, 6.07) is 5.81. The fourth-order valence-electron chi connectivity index (χ4n) is 1.32. The maximum atomic E-state index is 12.0. The Kier molecular flexibility index (Phi) is 3.43. The number of nitrogens with zero attached hydrogens (tertiary/aromatic N) is 1. The second-order valence-corrected chi connectivity index (χ2v) is 3.74. The Morgan fingerprint density at radius 1 is 1.22 bits per heavy atom. The summed E-state index contributed by atoms with van der Waals surface area (Å²) in [5.41, 5.74) is 0.324. The van der Waals surface area contributed by atoms with Crippen LogP contribution in [0.1, 0.15) is 26.7 Å². The third kappa shape index (κ3) is 2.41. The number of hydrogen-bond acceptors (Lipinski definition) is 5. The Labute approximate surface area is 107 Å². The number of pyridine rings is 1. The van der Waals surface area contributed by atoms with Crippen molar-refractivity contribution in [1.82, 2.24) is 4.98 Å². The number of carbonyl (C=O) groups is 2. The maximum Gasteiger partial charge on any atom is 0.373 e. The van der Waals surface area contributed by atoms with Crippen LogP contribution in [0.3, 0.4) is 0 Å². The molecular formula is C12H8ClNO4. The number of ketones is 1. The fourth-order valence-corrected chi connectivity index (χ4v) is 1.43. The molecule has 0 N–H and O–H groups in total. The van der Waals surface area contributed by atoms with E-state index in [1.165, 1.54) is 37.6 Å². The van der Waals surface area contributed by atoms with E-state index in [-0.39, 0.29) is 17.3 Å². The average Bonchev–Trinajstić information content (AvgIpc) is 2.87. The number of esters is 1. The smallest absolute Gasteiger partial charge is 0.373 e. The molecule has 0 unspecified atom stereocenters. The van der Waals surface area contributed by atoms with Crippen molar-refractivity contribution in [3.8, 4) is 0 Å². The molecule has 92 valence electrons. The maximum absolute atomic E-state index is 12.0. The molecule has 0 amide bonds. The first-order valence-corrected chi connectivity index (χ1v) is 5.34. The first-order valence-electron chi connectivity index (χ1n) is 4.96. The van der Waals surface area contributed by atoms with Crippen LogP contribution in [0, 0.1) is 0 Å². The number of furan rings is 1. The zero-order valence-electron chi connectivity index (χ0n) is 9.34. The molecule has 6 heteroatoms. The monoisotopic (exact) mass is 265 g/mol. The van der Waals surface area contributed by atoms with Crippen LogP contribution in [0.15, 0.2) is 34.9 Å². The highest BCUT2D eigenvalue weighted by Crippen LogP contribution is 2.15. The highest BCUT2D eigenvalue weighted by Gasteiger charge is 2.17. The molecule has 0 saturated carbocycles. The molecule has 0 aliphatic heterocycles. The molecule has 5 nitrogen and oxygen atoms in total. The Bertz CT molecular complexity index is 588. The predicted octanol–water partition coefficient (Wildman–Crippen LogP) is 2.35. The minimum absolute atomic E-state index is 0.0252. The number of rotatable bonds is 3. The first-order chi connectivity index (χ1) is 8.61. The van der Waals surface area contributed by atoms with Gasteiger partial charge >= 0.3 is 5.97 Å². The van der Waals surface area contributed by atoms with Gasteiger partial charge in [-0.05, 0) is 24.3 Å². The number of methoxy groups -OCH3 is 1. The number of halogens is 1. The van der Waals surface area contributed by atoms with Crippen molar-refractivity contribution in [3.05, 3.63) is 52.7 Å². The third-order valence-electron chi connectivity index (χ3n) is 2.21. The molecule has 0 aromatic carbocycles. The Balaban J connectivity index is 2.26. The van der Waals surface area contributed by atoms with Gasteiger partial charge in [-0.15, -0.1) is 0 Å². The molecule has 0 radical (unpaired) electrons. The molecule has 2 aromatic rings. The summed E-state index contributed by atoms with van der Waals surface area (Å²) in [4.78, 5) is 26.9. The normalized spacial score (nSPS) is 10.1. The van der Waals surface area contributed by atoms with E-state index in [1.807, 2.05) is 0 Å². The van der Waals surface area contributed by atoms with Gasteiger partial charge in [0.25, 0.3) is 0 Å². The molecule has 2 heterocycles. The topological polar surface area (TPSA) is 69.4 Å². The molecule has 2 rings (SSSR count). The van der Waals surface area contributed by atoms with Crippen LogP contribution in [0.5, 0.6) is 0 Å². The summed E-state index contributed by atoms with van der Waals surface area (Å²) in [6.45, 7) is 0. The van der Waals surface area contributed by atoms with Gasteiger partial charge in [-0.2, -0.15) is 0 Å². The summed E-state index contributed by atoms with van der Waals surface area (Å²) in [7, 11) is 1.23. The lowest BCUT2D eigenvalue weighted by Gasteiger charge is -1.97. The molecule has 0 atom stereocenters. The van der Waals surface area contributed by atoms with Gasteiger partial charge in [0.1, 0.15) is 5.15 Å². The van der Waals surface area contributed by atoms with Crippen LogP contribution in [0.2, 0.25) is 5.15 Å². The van der Waals surface area contributed by atoms with E-state index in [0.717, 1.165) is 0 Å². The lowest BCUT2D eigenvalue weighted by atomic mass is 10.1. The van der Waals surface area contributed by atoms with Crippen LogP contribution >= 0.6 is 11.6 Å². The average molecular weight is 266 g/mol. The Morgan fingerprint density at radius 3 is 2.56 bits per heavy atom. The van der Waals surface area contributed by atoms with Gasteiger partial charge in [0.15, 0.2) is 5.76 Å². The van der Waals surface area contributed by atoms with Gasteiger partial charge in [0, 0.05) is 11.8 Å². The number of ether oxygens (including phenoxy) is 1. The van der Waals surface area contributed by atoms with E-state index in [0.29, 0.717) is 10.7 Å². The fraction of sp³-hybridized carbons (Fsp3) is 0.0833. The van der Waals surface area contributed by atoms with Crippen LogP contribution < -0.4 is 0 Å². The van der Waals surface area contributed by atoms with Gasteiger partial charge in [-0.25, -0.2) is 9.78 Å². The predicted molar refractivity (Wildman–Crippen MR) is 62.7 cm³/mol. The molecule has 0 bridgehead atoms. The third-order valence-corrected chi connectivity index (χ3v) is 2.43. The van der Waals surface area contributed by atoms with Gasteiger partial charge in [0.05, 0.1) is 7.11 Å². The van der Waals surface area contributed by atoms with Crippen molar-refractivity contribution >= 4 is 23.4 Å². The lowest BCUT2D eigenvalue weighted by Crippen LogP contribution is -2.01. The van der Waals surface area contributed by atoms with Crippen molar-refractivity contribution in [2.24, 2.45) is 0 Å². The largest absolute Gasteiger partial charge is 0.463 e. The van der Waals surface area contributed by atoms with Crippen molar-refractivity contribution in [1.29, 1.82) is 0 Å². The van der Waals surface area contributed by atoms with Crippen LogP contribution in [-0.4, -0.2) is 23.8 Å². The summed E-state index contributed by atoms with van der Waals surface area (Å²) in [6.07, 6.45) is 1.34. The lowest BCUT2D eigenvalue weighted by molar-refractivity contribution is 0.0563. The van der Waals surface area contributed by atoms with Crippen LogP contribution in [0.4, 0.5) is 0 Å². The highest BCUT2D eigenvalue weighted by molar-refractivity contribution is 6.29. The summed E-state index contributed by atoms with van der Waals surface area (Å²) >= 11 is 5.62. The Hall–Kier alpha value is -2.14. The minimum Gasteiger partial charge on any atom is -0.463 e. The Morgan fingerprint density at radius 2 is 1.94 bits per heavy atom. The zero-order chi connectivity index (χ0) is 13.1. The van der Waals surface area contributed by atoms with Crippen molar-refractivity contribution in [2.75, 3.05) is 7.11 Å². The van der Waals surface area contributed by atoms with E-state index >= 15 is 0 Å². The second-order valence-electron chi connectivity index (χ2n) is 3.35. The first kappa shape index (κ1) is 12.3. The zero-order valence-corrected chi connectivity index (χ0v) is 10.1. The standard InChI is InChI=1S/C12H8ClNO4/c1-17-12(16)9-4-3-8(18-9)11(15)7-2-5-10(13)14-6-7/h2-6H,1H3. The number of aromatic nitrogens is 1. The van der Waals surface area contributed by atoms with E-state index < -0.39 is 5.97 Å². The van der Waals surface area contributed by atoms with Crippen LogP contribution in [-0.2, 0) is 4.74 Å². The van der Waals surface area contributed by atoms with Gasteiger partial charge in [-0.3, -0.25) is 4.79 Å². The molecule has 2 aromatic heterocycles. The number of carbonyl (C=O) groups excluding carboxylic acids is 2. The number of hydrogen-bond donors (Lipinski definition) is 0. The molecule has 0 fully saturated rings. The van der Waals surface area contributed by atoms with Crippen LogP contribution in [0.25, 0.3) is 0 Å². The van der Waals surface area contributed by atoms with Crippen molar-refractivity contribution < 1.29 is 18.7 Å². The second kappa shape index (κ2) is 5.01. The summed E-state index contributed by atoms with van der Waals surface area (Å²) < 4.78 is 9.57. The highest BCUT2D eigenvalue weighted by atomic mass is 35.5. The quantitative estimate of drug-likeness (QED) is 0.484. The molecule has 0 aliphatic rings. The molecule has 0 aliphatic carbocycles. The van der Waals surface area contributed by atoms with Gasteiger partial charge in [-0.1, -0.05) is 11.6 Å². The molecule has 0 spiro atoms. The van der Waals surface area contributed by atoms with Crippen molar-refractivity contribution in [2.45, 2.75) is 0 Å². The van der Waals surface area contributed by atoms with E-state index in [2.05, 4.69) is 9.72 Å². The van der Waals surface area contributed by atoms with Crippen molar-refractivity contribution in [3.63, 3.8) is 0 Å². The molecule has 0 saturated heterocycles. The van der Waals surface area contributed by atoms with Gasteiger partial charge in [0.2, 0.25) is 11.5 Å². The SMILES string of the molecule is COC(=O)c1ccc(C(=O)c2ccc(Cl)nc2)o1. The minimum atomic E-state index is -0.636. The van der Waals surface area contributed by atoms with E-state index in [4.69, 9.17) is 16.0 Å². The van der Waals surface area contributed by atoms with E-state index in [1.54, 1.807) is 0 Å². The van der Waals surface area contributed by atoms with E-state index in [9.17, 15) is 9.59 Å². The van der Waals surface area contributed by atoms with Gasteiger partial charge < -0.3 is 9.15 Å². The summed E-state index contributed by atoms with van der Waals surface area (Å²) in [5, 5.41) is 0.293. The molecular weight excluding hydrogens is 258 g/mol.